The topological polar surface area (TPSA) is 29.1 Å². The molecule has 0 saturated heterocycles. The van der Waals surface area contributed by atoms with Crippen molar-refractivity contribution >= 4 is 5.78 Å². The Morgan fingerprint density at radius 1 is 1.31 bits per heavy atom. The van der Waals surface area contributed by atoms with Gasteiger partial charge in [0.15, 0.2) is 5.78 Å². The molecule has 0 bridgehead atoms. The number of benzene rings is 1. The number of rotatable bonds is 5. The molecular weight excluding hydrogens is 198 g/mol. The smallest absolute Gasteiger partial charge is 0.187 e. The van der Waals surface area contributed by atoms with Gasteiger partial charge in [-0.3, -0.25) is 4.79 Å². The van der Waals surface area contributed by atoms with Crippen LogP contribution in [0.25, 0.3) is 0 Å². The minimum Gasteiger partial charge on any atom is -0.391 e. The van der Waals surface area contributed by atoms with E-state index in [1.165, 1.54) is 0 Å². The van der Waals surface area contributed by atoms with Crippen LogP contribution in [0.15, 0.2) is 42.1 Å². The lowest BCUT2D eigenvalue weighted by molar-refractivity contribution is 0.104. The van der Waals surface area contributed by atoms with E-state index in [-0.39, 0.29) is 5.78 Å². The maximum absolute atomic E-state index is 11.9. The molecular formula is C14H19NO. The third-order valence-electron chi connectivity index (χ3n) is 2.31. The van der Waals surface area contributed by atoms with Gasteiger partial charge in [0.25, 0.3) is 0 Å². The van der Waals surface area contributed by atoms with Crippen molar-refractivity contribution in [1.82, 2.24) is 5.32 Å². The fourth-order valence-electron chi connectivity index (χ4n) is 1.52. The summed E-state index contributed by atoms with van der Waals surface area (Å²) in [5, 5.41) is 3.07. The monoisotopic (exact) mass is 217 g/mol. The Balaban J connectivity index is 2.78. The SMILES string of the molecule is CN/C(=C\C(=O)c1ccccc1)CC(C)C. The zero-order valence-electron chi connectivity index (χ0n) is 10.2. The Hall–Kier alpha value is -1.57. The highest BCUT2D eigenvalue weighted by Crippen LogP contribution is 2.09. The van der Waals surface area contributed by atoms with Crippen molar-refractivity contribution in [3.8, 4) is 0 Å². The molecule has 0 fully saturated rings. The molecule has 0 radical (unpaired) electrons. The molecule has 86 valence electrons. The molecule has 2 nitrogen and oxygen atoms in total. The Kier molecular flexibility index (Phi) is 4.77. The molecule has 0 spiro atoms. The van der Waals surface area contributed by atoms with Crippen LogP contribution < -0.4 is 5.32 Å². The van der Waals surface area contributed by atoms with Crippen LogP contribution in [-0.2, 0) is 0 Å². The van der Waals surface area contributed by atoms with Gasteiger partial charge in [0, 0.05) is 24.4 Å². The van der Waals surface area contributed by atoms with Crippen molar-refractivity contribution in [1.29, 1.82) is 0 Å². The fourth-order valence-corrected chi connectivity index (χ4v) is 1.52. The van der Waals surface area contributed by atoms with E-state index in [0.717, 1.165) is 17.7 Å². The normalized spacial score (nSPS) is 11.6. The van der Waals surface area contributed by atoms with Crippen LogP contribution in [0.3, 0.4) is 0 Å². The molecule has 0 heterocycles. The first kappa shape index (κ1) is 12.5. The highest BCUT2D eigenvalue weighted by molar-refractivity contribution is 6.04. The third kappa shape index (κ3) is 3.89. The number of carbonyl (C=O) groups is 1. The summed E-state index contributed by atoms with van der Waals surface area (Å²) in [6, 6.07) is 9.34. The summed E-state index contributed by atoms with van der Waals surface area (Å²) < 4.78 is 0. The van der Waals surface area contributed by atoms with Gasteiger partial charge in [-0.25, -0.2) is 0 Å². The van der Waals surface area contributed by atoms with E-state index in [9.17, 15) is 4.79 Å². The summed E-state index contributed by atoms with van der Waals surface area (Å²) in [7, 11) is 1.85. The molecule has 0 aromatic heterocycles. The van der Waals surface area contributed by atoms with Crippen LogP contribution in [-0.4, -0.2) is 12.8 Å². The van der Waals surface area contributed by atoms with Crippen molar-refractivity contribution in [2.45, 2.75) is 20.3 Å². The molecule has 0 aliphatic heterocycles. The summed E-state index contributed by atoms with van der Waals surface area (Å²) >= 11 is 0. The van der Waals surface area contributed by atoms with Gasteiger partial charge in [0.05, 0.1) is 0 Å². The molecule has 1 aromatic rings. The van der Waals surface area contributed by atoms with E-state index in [1.807, 2.05) is 37.4 Å². The number of hydrogen-bond acceptors (Lipinski definition) is 2. The first-order chi connectivity index (χ1) is 7.63. The van der Waals surface area contributed by atoms with Crippen LogP contribution >= 0.6 is 0 Å². The quantitative estimate of drug-likeness (QED) is 0.606. The minimum atomic E-state index is 0.0607. The van der Waals surface area contributed by atoms with Crippen molar-refractivity contribution in [2.75, 3.05) is 7.05 Å². The van der Waals surface area contributed by atoms with Gasteiger partial charge in [-0.2, -0.15) is 0 Å². The molecule has 1 rings (SSSR count). The molecule has 16 heavy (non-hydrogen) atoms. The molecule has 2 heteroatoms. The number of hydrogen-bond donors (Lipinski definition) is 1. The molecule has 1 N–H and O–H groups in total. The summed E-state index contributed by atoms with van der Waals surface area (Å²) in [6.07, 6.45) is 2.59. The lowest BCUT2D eigenvalue weighted by Gasteiger charge is -2.09. The van der Waals surface area contributed by atoms with E-state index < -0.39 is 0 Å². The van der Waals surface area contributed by atoms with Crippen molar-refractivity contribution < 1.29 is 4.79 Å². The Morgan fingerprint density at radius 2 is 1.94 bits per heavy atom. The zero-order chi connectivity index (χ0) is 12.0. The second kappa shape index (κ2) is 6.11. The molecule has 0 unspecified atom stereocenters. The summed E-state index contributed by atoms with van der Waals surface area (Å²) in [5.41, 5.74) is 1.72. The van der Waals surface area contributed by atoms with Crippen molar-refractivity contribution in [2.24, 2.45) is 5.92 Å². The molecule has 0 amide bonds. The number of carbonyl (C=O) groups excluding carboxylic acids is 1. The van der Waals surface area contributed by atoms with Gasteiger partial charge in [0.2, 0.25) is 0 Å². The minimum absolute atomic E-state index is 0.0607. The largest absolute Gasteiger partial charge is 0.391 e. The first-order valence-corrected chi connectivity index (χ1v) is 5.61. The van der Waals surface area contributed by atoms with E-state index in [0.29, 0.717) is 5.92 Å². The van der Waals surface area contributed by atoms with Crippen LogP contribution in [0.1, 0.15) is 30.6 Å². The van der Waals surface area contributed by atoms with E-state index >= 15 is 0 Å². The van der Waals surface area contributed by atoms with Gasteiger partial charge >= 0.3 is 0 Å². The number of allylic oxidation sites excluding steroid dienone is 2. The third-order valence-corrected chi connectivity index (χ3v) is 2.31. The van der Waals surface area contributed by atoms with Gasteiger partial charge in [0.1, 0.15) is 0 Å². The van der Waals surface area contributed by atoms with Crippen molar-refractivity contribution in [3.63, 3.8) is 0 Å². The van der Waals surface area contributed by atoms with Gasteiger partial charge < -0.3 is 5.32 Å². The molecule has 1 aromatic carbocycles. The molecule has 0 aliphatic carbocycles. The fraction of sp³-hybridized carbons (Fsp3) is 0.357. The van der Waals surface area contributed by atoms with Crippen LogP contribution in [0, 0.1) is 5.92 Å². The summed E-state index contributed by atoms with van der Waals surface area (Å²) in [5.74, 6) is 0.605. The average molecular weight is 217 g/mol. The zero-order valence-corrected chi connectivity index (χ0v) is 10.2. The van der Waals surface area contributed by atoms with Crippen LogP contribution in [0.5, 0.6) is 0 Å². The highest BCUT2D eigenvalue weighted by Gasteiger charge is 2.05. The second-order valence-corrected chi connectivity index (χ2v) is 4.25. The standard InChI is InChI=1S/C14H19NO/c1-11(2)9-13(15-3)10-14(16)12-7-5-4-6-8-12/h4-8,10-11,15H,9H2,1-3H3/b13-10-. The predicted octanol–water partition coefficient (Wildman–Crippen LogP) is 3.02. The predicted molar refractivity (Wildman–Crippen MR) is 67.4 cm³/mol. The summed E-state index contributed by atoms with van der Waals surface area (Å²) in [4.78, 5) is 11.9. The summed E-state index contributed by atoms with van der Waals surface area (Å²) in [6.45, 7) is 4.27. The first-order valence-electron chi connectivity index (χ1n) is 5.61. The molecule has 0 atom stereocenters. The lowest BCUT2D eigenvalue weighted by atomic mass is 10.0. The number of nitrogens with one attached hydrogen (secondary N) is 1. The van der Waals surface area contributed by atoms with E-state index in [4.69, 9.17) is 0 Å². The van der Waals surface area contributed by atoms with Gasteiger partial charge in [-0.1, -0.05) is 44.2 Å². The van der Waals surface area contributed by atoms with Gasteiger partial charge in [-0.05, 0) is 12.3 Å². The second-order valence-electron chi connectivity index (χ2n) is 4.25. The highest BCUT2D eigenvalue weighted by atomic mass is 16.1. The maximum atomic E-state index is 11.9. The van der Waals surface area contributed by atoms with E-state index in [1.54, 1.807) is 6.08 Å². The maximum Gasteiger partial charge on any atom is 0.187 e. The lowest BCUT2D eigenvalue weighted by Crippen LogP contribution is -2.11. The van der Waals surface area contributed by atoms with Gasteiger partial charge in [-0.15, -0.1) is 0 Å². The Morgan fingerprint density at radius 3 is 2.44 bits per heavy atom. The van der Waals surface area contributed by atoms with Crippen LogP contribution in [0.2, 0.25) is 0 Å². The Labute approximate surface area is 97.4 Å². The van der Waals surface area contributed by atoms with Crippen LogP contribution in [0.4, 0.5) is 0 Å². The number of ketones is 1. The molecule has 0 saturated carbocycles. The van der Waals surface area contributed by atoms with E-state index in [2.05, 4.69) is 19.2 Å². The molecule has 0 aliphatic rings. The Bertz CT molecular complexity index is 366. The average Bonchev–Trinajstić information content (AvgIpc) is 2.28. The van der Waals surface area contributed by atoms with Crippen molar-refractivity contribution in [3.05, 3.63) is 47.7 Å².